The lowest BCUT2D eigenvalue weighted by Crippen LogP contribution is -2.01. The van der Waals surface area contributed by atoms with Crippen molar-refractivity contribution in [3.8, 4) is 0 Å². The van der Waals surface area contributed by atoms with E-state index in [1.54, 1.807) is 0 Å². The van der Waals surface area contributed by atoms with Crippen molar-refractivity contribution < 1.29 is 0 Å². The van der Waals surface area contributed by atoms with Crippen LogP contribution in [0.4, 0.5) is 0 Å². The van der Waals surface area contributed by atoms with Crippen LogP contribution in [-0.4, -0.2) is 6.16 Å². The van der Waals surface area contributed by atoms with Gasteiger partial charge in [0, 0.05) is 5.92 Å². The molecule has 0 heterocycles. The molecule has 2 aromatic carbocycles. The molecule has 0 aliphatic carbocycles. The summed E-state index contributed by atoms with van der Waals surface area (Å²) in [7, 11) is 2.83. The van der Waals surface area contributed by atoms with Crippen molar-refractivity contribution in [2.24, 2.45) is 0 Å². The summed E-state index contributed by atoms with van der Waals surface area (Å²) >= 11 is 0. The first-order valence-electron chi connectivity index (χ1n) is 9.22. The van der Waals surface area contributed by atoms with E-state index in [4.69, 9.17) is 0 Å². The largest absolute Gasteiger partial charge is 0.138 e. The Bertz CT molecular complexity index is 467. The van der Waals surface area contributed by atoms with Crippen molar-refractivity contribution in [2.45, 2.75) is 57.3 Å². The first-order chi connectivity index (χ1) is 11.4. The van der Waals surface area contributed by atoms with Crippen molar-refractivity contribution >= 4 is 9.24 Å². The highest BCUT2D eigenvalue weighted by atomic mass is 31.0. The lowest BCUT2D eigenvalue weighted by atomic mass is 9.87. The van der Waals surface area contributed by atoms with Gasteiger partial charge in [-0.25, -0.2) is 0 Å². The Morgan fingerprint density at radius 1 is 0.565 bits per heavy atom. The predicted molar refractivity (Wildman–Crippen MR) is 106 cm³/mol. The molecule has 23 heavy (non-hydrogen) atoms. The highest BCUT2D eigenvalue weighted by molar-refractivity contribution is 7.16. The Balaban J connectivity index is 1.80. The molecule has 2 aromatic rings. The van der Waals surface area contributed by atoms with Gasteiger partial charge in [0.15, 0.2) is 0 Å². The molecule has 0 aliphatic rings. The standard InChI is InChI=1S/C22H31P/c23-19-13-5-3-1-2-4-12-18-22(20-14-8-6-9-15-20)21-16-10-7-11-17-21/h6-11,14-17,22H,1-5,12-13,18-19,23H2. The molecule has 0 saturated carbocycles. The van der Waals surface area contributed by atoms with E-state index in [0.717, 1.165) is 0 Å². The summed E-state index contributed by atoms with van der Waals surface area (Å²) in [5.41, 5.74) is 2.92. The Morgan fingerprint density at radius 3 is 1.48 bits per heavy atom. The van der Waals surface area contributed by atoms with Crippen LogP contribution < -0.4 is 0 Å². The second-order valence-electron chi connectivity index (χ2n) is 6.43. The average Bonchev–Trinajstić information content (AvgIpc) is 2.62. The second-order valence-corrected chi connectivity index (χ2v) is 7.00. The minimum absolute atomic E-state index is 0.550. The summed E-state index contributed by atoms with van der Waals surface area (Å²) in [6.07, 6.45) is 12.2. The first-order valence-corrected chi connectivity index (χ1v) is 10.0. The normalized spacial score (nSPS) is 11.0. The third-order valence-corrected chi connectivity index (χ3v) is 5.01. The lowest BCUT2D eigenvalue weighted by Gasteiger charge is -2.18. The smallest absolute Gasteiger partial charge is 0.00893 e. The van der Waals surface area contributed by atoms with Crippen molar-refractivity contribution in [3.05, 3.63) is 71.8 Å². The molecule has 1 atom stereocenters. The van der Waals surface area contributed by atoms with Crippen molar-refractivity contribution in [1.29, 1.82) is 0 Å². The zero-order valence-electron chi connectivity index (χ0n) is 14.3. The van der Waals surface area contributed by atoms with E-state index >= 15 is 0 Å². The molecule has 0 bridgehead atoms. The molecule has 1 unspecified atom stereocenters. The predicted octanol–water partition coefficient (Wildman–Crippen LogP) is 6.81. The molecule has 0 saturated heterocycles. The van der Waals surface area contributed by atoms with E-state index in [1.165, 1.54) is 68.7 Å². The summed E-state index contributed by atoms with van der Waals surface area (Å²) in [6.45, 7) is 0. The van der Waals surface area contributed by atoms with Gasteiger partial charge in [-0.3, -0.25) is 0 Å². The molecule has 2 rings (SSSR count). The van der Waals surface area contributed by atoms with Gasteiger partial charge in [-0.2, -0.15) is 0 Å². The number of hydrogen-bond acceptors (Lipinski definition) is 0. The van der Waals surface area contributed by atoms with Gasteiger partial charge in [-0.05, 0) is 30.1 Å². The van der Waals surface area contributed by atoms with E-state index in [9.17, 15) is 0 Å². The molecule has 0 radical (unpaired) electrons. The molecule has 0 fully saturated rings. The van der Waals surface area contributed by atoms with Crippen LogP contribution in [-0.2, 0) is 0 Å². The summed E-state index contributed by atoms with van der Waals surface area (Å²) in [6, 6.07) is 22.0. The molecule has 124 valence electrons. The maximum Gasteiger partial charge on any atom is 0.00893 e. The number of benzene rings is 2. The quantitative estimate of drug-likeness (QED) is 0.314. The fourth-order valence-electron chi connectivity index (χ4n) is 3.27. The van der Waals surface area contributed by atoms with Gasteiger partial charge in [-0.15, -0.1) is 9.24 Å². The van der Waals surface area contributed by atoms with Crippen molar-refractivity contribution in [2.75, 3.05) is 6.16 Å². The number of unbranched alkanes of at least 4 members (excludes halogenated alkanes) is 6. The minimum Gasteiger partial charge on any atom is -0.138 e. The Kier molecular flexibility index (Phi) is 9.04. The molecular formula is C22H31P. The molecule has 0 spiro atoms. The van der Waals surface area contributed by atoms with E-state index in [2.05, 4.69) is 69.9 Å². The van der Waals surface area contributed by atoms with Gasteiger partial charge in [0.2, 0.25) is 0 Å². The van der Waals surface area contributed by atoms with Crippen LogP contribution in [0.3, 0.4) is 0 Å². The van der Waals surface area contributed by atoms with Crippen LogP contribution in [0.5, 0.6) is 0 Å². The third kappa shape index (κ3) is 6.88. The third-order valence-electron chi connectivity index (χ3n) is 4.60. The highest BCUT2D eigenvalue weighted by Gasteiger charge is 2.13. The minimum atomic E-state index is 0.550. The van der Waals surface area contributed by atoms with Gasteiger partial charge >= 0.3 is 0 Å². The first kappa shape index (κ1) is 18.2. The van der Waals surface area contributed by atoms with Crippen LogP contribution in [0.2, 0.25) is 0 Å². The SMILES string of the molecule is PCCCCCCCCCC(c1ccccc1)c1ccccc1. The molecule has 0 aliphatic heterocycles. The van der Waals surface area contributed by atoms with Gasteiger partial charge in [0.1, 0.15) is 0 Å². The molecule has 0 amide bonds. The van der Waals surface area contributed by atoms with Crippen molar-refractivity contribution in [1.82, 2.24) is 0 Å². The molecule has 1 heteroatoms. The molecule has 0 aromatic heterocycles. The number of rotatable bonds is 11. The van der Waals surface area contributed by atoms with Crippen LogP contribution in [0, 0.1) is 0 Å². The summed E-state index contributed by atoms with van der Waals surface area (Å²) in [5.74, 6) is 0.550. The van der Waals surface area contributed by atoms with Gasteiger partial charge in [0.25, 0.3) is 0 Å². The zero-order chi connectivity index (χ0) is 16.2. The second kappa shape index (κ2) is 11.4. The summed E-state index contributed by atoms with van der Waals surface area (Å²) in [4.78, 5) is 0. The maximum atomic E-state index is 2.83. The topological polar surface area (TPSA) is 0 Å². The molecular weight excluding hydrogens is 295 g/mol. The fourth-order valence-corrected chi connectivity index (χ4v) is 3.56. The van der Waals surface area contributed by atoms with Gasteiger partial charge < -0.3 is 0 Å². The Morgan fingerprint density at radius 2 is 1.00 bits per heavy atom. The zero-order valence-corrected chi connectivity index (χ0v) is 15.4. The van der Waals surface area contributed by atoms with E-state index < -0.39 is 0 Å². The molecule has 0 nitrogen and oxygen atoms in total. The maximum absolute atomic E-state index is 2.83. The monoisotopic (exact) mass is 326 g/mol. The lowest BCUT2D eigenvalue weighted by molar-refractivity contribution is 0.559. The summed E-state index contributed by atoms with van der Waals surface area (Å²) in [5, 5.41) is 0. The van der Waals surface area contributed by atoms with E-state index in [-0.39, 0.29) is 0 Å². The highest BCUT2D eigenvalue weighted by Crippen LogP contribution is 2.29. The van der Waals surface area contributed by atoms with Gasteiger partial charge in [-0.1, -0.05) is 99.2 Å². The van der Waals surface area contributed by atoms with E-state index in [0.29, 0.717) is 5.92 Å². The van der Waals surface area contributed by atoms with Crippen LogP contribution in [0.1, 0.15) is 68.4 Å². The van der Waals surface area contributed by atoms with E-state index in [1.807, 2.05) is 0 Å². The fraction of sp³-hybridized carbons (Fsp3) is 0.455. The Labute approximate surface area is 144 Å². The van der Waals surface area contributed by atoms with Crippen LogP contribution >= 0.6 is 9.24 Å². The number of hydrogen-bond donors (Lipinski definition) is 0. The Hall–Kier alpha value is -1.13. The van der Waals surface area contributed by atoms with Crippen LogP contribution in [0.15, 0.2) is 60.7 Å². The molecule has 0 N–H and O–H groups in total. The van der Waals surface area contributed by atoms with Crippen LogP contribution in [0.25, 0.3) is 0 Å². The summed E-state index contributed by atoms with van der Waals surface area (Å²) < 4.78 is 0. The average molecular weight is 326 g/mol. The van der Waals surface area contributed by atoms with Gasteiger partial charge in [0.05, 0.1) is 0 Å². The van der Waals surface area contributed by atoms with Crippen molar-refractivity contribution in [3.63, 3.8) is 0 Å².